The molecule has 4 rings (SSSR count). The molecule has 0 spiro atoms. The number of fused-ring (bicyclic) bond motifs is 1. The molecule has 0 bridgehead atoms. The van der Waals surface area contributed by atoms with Crippen LogP contribution in [0.2, 0.25) is 0 Å². The summed E-state index contributed by atoms with van der Waals surface area (Å²) in [5.74, 6) is -1.83. The highest BCUT2D eigenvalue weighted by molar-refractivity contribution is 8.01. The number of aliphatic hydroxyl groups excluding tert-OH is 1. The molecule has 12 nitrogen and oxygen atoms in total. The second-order valence-electron chi connectivity index (χ2n) is 8.74. The van der Waals surface area contributed by atoms with Crippen LogP contribution in [-0.2, 0) is 25.6 Å². The number of thioether (sulfide) groups is 2. The molecule has 0 radical (unpaired) electrons. The van der Waals surface area contributed by atoms with Gasteiger partial charge in [0.1, 0.15) is 17.1 Å². The number of amides is 3. The Balaban J connectivity index is 1.33. The number of nitrogens with zero attached hydrogens (tertiary/aromatic N) is 3. The number of hydrogen-bond donors (Lipinski definition) is 4. The van der Waals surface area contributed by atoms with Crippen molar-refractivity contribution in [3.05, 3.63) is 53.1 Å². The first kappa shape index (κ1) is 27.7. The largest absolute Gasteiger partial charge is 0.477 e. The normalized spacial score (nSPS) is 19.5. The average Bonchev–Trinajstić information content (AvgIpc) is 3.37. The number of carbonyl (C=O) groups excluding carboxylic acids is 3. The molecular formula is C24H27N5O7S2. The molecule has 3 heterocycles. The maximum absolute atomic E-state index is 12.9. The van der Waals surface area contributed by atoms with Crippen molar-refractivity contribution in [3.8, 4) is 0 Å². The predicted molar refractivity (Wildman–Crippen MR) is 137 cm³/mol. The third-order valence-electron chi connectivity index (χ3n) is 6.04. The fourth-order valence-corrected chi connectivity index (χ4v) is 6.38. The second kappa shape index (κ2) is 12.5. The Morgan fingerprint density at radius 2 is 1.97 bits per heavy atom. The monoisotopic (exact) mass is 561 g/mol. The molecule has 1 aromatic carbocycles. The molecule has 3 atom stereocenters. The van der Waals surface area contributed by atoms with Crippen molar-refractivity contribution in [3.63, 3.8) is 0 Å². The lowest BCUT2D eigenvalue weighted by Crippen LogP contribution is -2.70. The first-order valence-electron chi connectivity index (χ1n) is 11.9. The Kier molecular flexibility index (Phi) is 9.07. The lowest BCUT2D eigenvalue weighted by molar-refractivity contribution is -0.151. The van der Waals surface area contributed by atoms with Gasteiger partial charge in [-0.05, 0) is 24.0 Å². The number of aliphatic hydroxyl groups is 1. The van der Waals surface area contributed by atoms with Crippen molar-refractivity contribution < 1.29 is 33.8 Å². The summed E-state index contributed by atoms with van der Waals surface area (Å²) in [5.41, 5.74) is 5.93. The van der Waals surface area contributed by atoms with Crippen molar-refractivity contribution >= 4 is 47.2 Å². The average molecular weight is 562 g/mol. The zero-order valence-electron chi connectivity index (χ0n) is 20.2. The van der Waals surface area contributed by atoms with Gasteiger partial charge in [-0.2, -0.15) is 0 Å². The van der Waals surface area contributed by atoms with E-state index in [1.165, 1.54) is 28.4 Å². The number of nitrogens with one attached hydrogen (secondary N) is 1. The van der Waals surface area contributed by atoms with E-state index in [4.69, 9.17) is 10.2 Å². The fraction of sp³-hybridized carbons (Fsp3) is 0.417. The predicted octanol–water partition coefficient (Wildman–Crippen LogP) is 1.22. The topological polar surface area (TPSA) is 189 Å². The van der Waals surface area contributed by atoms with Crippen LogP contribution in [-0.4, -0.2) is 71.9 Å². The molecule has 0 aliphatic carbocycles. The molecule has 2 aliphatic rings. The van der Waals surface area contributed by atoms with Crippen LogP contribution < -0.4 is 11.1 Å². The van der Waals surface area contributed by atoms with Gasteiger partial charge in [0.15, 0.2) is 6.10 Å². The van der Waals surface area contributed by atoms with Crippen LogP contribution in [0.25, 0.3) is 0 Å². The molecular weight excluding hydrogens is 534 g/mol. The van der Waals surface area contributed by atoms with Crippen molar-refractivity contribution in [2.75, 3.05) is 11.5 Å². The van der Waals surface area contributed by atoms with Gasteiger partial charge in [-0.1, -0.05) is 48.5 Å². The number of aryl methyl sites for hydroxylation is 1. The third-order valence-corrected chi connectivity index (χ3v) is 8.29. The summed E-state index contributed by atoms with van der Waals surface area (Å²) in [6.45, 7) is 0. The second-order valence-corrected chi connectivity index (χ2v) is 10.8. The number of aliphatic carboxylic acids is 1. The molecule has 1 saturated heterocycles. The van der Waals surface area contributed by atoms with Crippen LogP contribution in [0.5, 0.6) is 0 Å². The van der Waals surface area contributed by atoms with E-state index in [1.54, 1.807) is 30.3 Å². The van der Waals surface area contributed by atoms with E-state index in [9.17, 15) is 29.4 Å². The quantitative estimate of drug-likeness (QED) is 0.156. The third kappa shape index (κ3) is 6.37. The maximum atomic E-state index is 12.9. The van der Waals surface area contributed by atoms with Gasteiger partial charge in [0.2, 0.25) is 11.8 Å². The van der Waals surface area contributed by atoms with Gasteiger partial charge in [-0.25, -0.2) is 4.79 Å². The first-order chi connectivity index (χ1) is 18.3. The molecule has 1 unspecified atom stereocenters. The summed E-state index contributed by atoms with van der Waals surface area (Å²) in [6, 6.07) is 7.39. The minimum absolute atomic E-state index is 0.116. The Morgan fingerprint density at radius 1 is 1.21 bits per heavy atom. The summed E-state index contributed by atoms with van der Waals surface area (Å²) in [6.07, 6.45) is 1.72. The Hall–Kier alpha value is -3.36. The summed E-state index contributed by atoms with van der Waals surface area (Å²) < 4.78 is 5.62. The highest BCUT2D eigenvalue weighted by Gasteiger charge is 2.54. The van der Waals surface area contributed by atoms with E-state index in [1.807, 2.05) is 0 Å². The van der Waals surface area contributed by atoms with E-state index < -0.39 is 35.3 Å². The van der Waals surface area contributed by atoms with E-state index in [0.717, 1.165) is 12.8 Å². The van der Waals surface area contributed by atoms with E-state index in [0.29, 0.717) is 42.0 Å². The number of carboxylic acids is 1. The van der Waals surface area contributed by atoms with E-state index in [-0.39, 0.29) is 22.6 Å². The number of β-lactam (4-membered cyclic amide) rings is 1. The first-order valence-corrected chi connectivity index (χ1v) is 14.0. The van der Waals surface area contributed by atoms with Crippen molar-refractivity contribution in [2.24, 2.45) is 5.73 Å². The summed E-state index contributed by atoms with van der Waals surface area (Å²) in [7, 11) is 0. The summed E-state index contributed by atoms with van der Waals surface area (Å²) in [4.78, 5) is 49.4. The highest BCUT2D eigenvalue weighted by atomic mass is 32.2. The molecule has 202 valence electrons. The Labute approximate surface area is 226 Å². The zero-order chi connectivity index (χ0) is 27.2. The van der Waals surface area contributed by atoms with Crippen molar-refractivity contribution in [2.45, 2.75) is 54.8 Å². The van der Waals surface area contributed by atoms with Gasteiger partial charge < -0.3 is 25.7 Å². The number of benzene rings is 1. The number of hydrogen-bond acceptors (Lipinski definition) is 10. The van der Waals surface area contributed by atoms with Gasteiger partial charge in [0.25, 0.3) is 17.0 Å². The van der Waals surface area contributed by atoms with Crippen molar-refractivity contribution in [1.29, 1.82) is 0 Å². The van der Waals surface area contributed by atoms with Gasteiger partial charge in [0.05, 0.1) is 0 Å². The van der Waals surface area contributed by atoms with Crippen molar-refractivity contribution in [1.82, 2.24) is 20.4 Å². The van der Waals surface area contributed by atoms with Gasteiger partial charge in [0, 0.05) is 24.3 Å². The van der Waals surface area contributed by atoms with Gasteiger partial charge in [-0.3, -0.25) is 19.3 Å². The number of carboxylic acid groups (broad SMARTS) is 1. The number of carbonyl (C=O) groups is 4. The van der Waals surface area contributed by atoms with Crippen LogP contribution in [0, 0.1) is 0 Å². The lowest BCUT2D eigenvalue weighted by Gasteiger charge is -2.49. The van der Waals surface area contributed by atoms with Crippen LogP contribution in [0.3, 0.4) is 0 Å². The molecule has 5 N–H and O–H groups in total. The van der Waals surface area contributed by atoms with E-state index in [2.05, 4.69) is 15.5 Å². The minimum atomic E-state index is -1.44. The van der Waals surface area contributed by atoms with Crippen LogP contribution in [0.1, 0.15) is 43.2 Å². The number of unbranched alkanes of at least 4 members (excludes halogenated alkanes) is 2. The van der Waals surface area contributed by atoms with Gasteiger partial charge >= 0.3 is 5.97 Å². The standard InChI is InChI=1S/C24H27N5O7S2/c25-15(30)9-5-2-6-10-16-27-28-24(36-16)38-12-14-11-37-22-17(21(33)29(22)18(14)23(34)35)26-20(32)19(31)13-7-3-1-4-8-13/h1,3-4,7-8,17,19,22,31H,2,5-6,9-12H2,(H2,25,30)(H,26,32)(H,34,35)/t17?,19-,22-/m1/s1. The van der Waals surface area contributed by atoms with Crippen LogP contribution >= 0.6 is 23.5 Å². The lowest BCUT2D eigenvalue weighted by atomic mass is 10.0. The molecule has 2 aliphatic heterocycles. The molecule has 3 amide bonds. The molecule has 2 aromatic rings. The van der Waals surface area contributed by atoms with Gasteiger partial charge in [-0.15, -0.1) is 22.0 Å². The summed E-state index contributed by atoms with van der Waals surface area (Å²) >= 11 is 2.52. The van der Waals surface area contributed by atoms with E-state index >= 15 is 0 Å². The fourth-order valence-electron chi connectivity index (χ4n) is 4.11. The molecule has 1 aromatic heterocycles. The number of primary amides is 1. The zero-order valence-corrected chi connectivity index (χ0v) is 21.9. The molecule has 38 heavy (non-hydrogen) atoms. The number of aromatic nitrogens is 2. The molecule has 1 fully saturated rings. The summed E-state index contributed by atoms with van der Waals surface area (Å²) in [5, 5.41) is 30.4. The number of rotatable bonds is 13. The van der Waals surface area contributed by atoms with Crippen LogP contribution in [0.15, 0.2) is 51.2 Å². The SMILES string of the molecule is NC(=O)CCCCCc1nnc(SCC2=C(C(=O)O)N3C(=O)C(NC(=O)[C@H](O)c4ccccc4)[C@H]3SC2)o1. The van der Waals surface area contributed by atoms with Crippen LogP contribution in [0.4, 0.5) is 0 Å². The molecule has 0 saturated carbocycles. The maximum Gasteiger partial charge on any atom is 0.352 e. The highest BCUT2D eigenvalue weighted by Crippen LogP contribution is 2.41. The Morgan fingerprint density at radius 3 is 2.68 bits per heavy atom. The Bertz CT molecular complexity index is 1240. The minimum Gasteiger partial charge on any atom is -0.477 e. The smallest absolute Gasteiger partial charge is 0.352 e. The molecule has 14 heteroatoms. The number of nitrogens with two attached hydrogens (primary N) is 1.